The number of halogens is 1. The van der Waals surface area contributed by atoms with Gasteiger partial charge in [-0.1, -0.05) is 61.2 Å². The number of amides is 1. The van der Waals surface area contributed by atoms with Crippen molar-refractivity contribution >= 4 is 17.5 Å². The Balaban J connectivity index is 1.94. The first kappa shape index (κ1) is 21.0. The fraction of sp³-hybridized carbons (Fsp3) is 0.280. The SMILES string of the molecule is COc1c(C#N)c(-c2ccccc2)c(C(=O)NC2CCCCC2)n1-c1ccc(Cl)cc1. The maximum atomic E-state index is 13.6. The summed E-state index contributed by atoms with van der Waals surface area (Å²) in [6, 6.07) is 19.0. The number of rotatable bonds is 5. The molecule has 1 fully saturated rings. The predicted octanol–water partition coefficient (Wildman–Crippen LogP) is 5.74. The quantitative estimate of drug-likeness (QED) is 0.557. The van der Waals surface area contributed by atoms with Crippen LogP contribution in [0.5, 0.6) is 5.88 Å². The van der Waals surface area contributed by atoms with E-state index in [4.69, 9.17) is 16.3 Å². The third-order valence-corrected chi connectivity index (χ3v) is 5.99. The molecule has 1 heterocycles. The average molecular weight is 434 g/mol. The summed E-state index contributed by atoms with van der Waals surface area (Å²) in [6.45, 7) is 0. The van der Waals surface area contributed by atoms with Crippen molar-refractivity contribution in [1.82, 2.24) is 9.88 Å². The Kier molecular flexibility index (Phi) is 6.29. The molecule has 158 valence electrons. The molecule has 0 radical (unpaired) electrons. The number of ether oxygens (including phenoxy) is 1. The van der Waals surface area contributed by atoms with Gasteiger partial charge in [0.15, 0.2) is 0 Å². The number of nitrogens with zero attached hydrogens (tertiary/aromatic N) is 2. The lowest BCUT2D eigenvalue weighted by molar-refractivity contribution is 0.0920. The molecule has 4 rings (SSSR count). The molecular formula is C25H24ClN3O2. The first-order valence-electron chi connectivity index (χ1n) is 10.5. The van der Waals surface area contributed by atoms with Crippen LogP contribution in [0.4, 0.5) is 0 Å². The van der Waals surface area contributed by atoms with Crippen LogP contribution in [-0.4, -0.2) is 23.6 Å². The molecule has 0 bridgehead atoms. The fourth-order valence-electron chi connectivity index (χ4n) is 4.29. The number of benzene rings is 2. The van der Waals surface area contributed by atoms with Gasteiger partial charge in [-0.3, -0.25) is 9.36 Å². The third kappa shape index (κ3) is 4.17. The minimum absolute atomic E-state index is 0.134. The summed E-state index contributed by atoms with van der Waals surface area (Å²) in [5, 5.41) is 13.8. The van der Waals surface area contributed by atoms with E-state index >= 15 is 0 Å². The molecule has 1 N–H and O–H groups in total. The van der Waals surface area contributed by atoms with Crippen LogP contribution in [0.15, 0.2) is 54.6 Å². The Labute approximate surface area is 187 Å². The van der Waals surface area contributed by atoms with Gasteiger partial charge in [-0.2, -0.15) is 5.26 Å². The molecule has 6 heteroatoms. The van der Waals surface area contributed by atoms with E-state index in [1.807, 2.05) is 42.5 Å². The molecule has 0 spiro atoms. The Morgan fingerprint density at radius 2 is 1.77 bits per heavy atom. The van der Waals surface area contributed by atoms with E-state index in [1.54, 1.807) is 16.7 Å². The fourth-order valence-corrected chi connectivity index (χ4v) is 4.41. The number of methoxy groups -OCH3 is 1. The number of carbonyl (C=O) groups is 1. The Morgan fingerprint density at radius 3 is 2.39 bits per heavy atom. The Morgan fingerprint density at radius 1 is 1.10 bits per heavy atom. The first-order chi connectivity index (χ1) is 15.1. The monoisotopic (exact) mass is 433 g/mol. The van der Waals surface area contributed by atoms with Crippen LogP contribution in [0.1, 0.15) is 48.2 Å². The minimum Gasteiger partial charge on any atom is -0.481 e. The standard InChI is InChI=1S/C25H24ClN3O2/c1-31-25-21(16-27)22(17-8-4-2-5-9-17)23(24(30)28-19-10-6-3-7-11-19)29(25)20-14-12-18(26)13-15-20/h2,4-5,8-9,12-15,19H,3,6-7,10-11H2,1H3,(H,28,30). The highest BCUT2D eigenvalue weighted by Gasteiger charge is 2.31. The topological polar surface area (TPSA) is 67.0 Å². The van der Waals surface area contributed by atoms with Crippen LogP contribution in [0, 0.1) is 11.3 Å². The summed E-state index contributed by atoms with van der Waals surface area (Å²) < 4.78 is 7.38. The van der Waals surface area contributed by atoms with E-state index < -0.39 is 0 Å². The second kappa shape index (κ2) is 9.28. The van der Waals surface area contributed by atoms with Gasteiger partial charge in [-0.05, 0) is 42.7 Å². The maximum absolute atomic E-state index is 13.6. The highest BCUT2D eigenvalue weighted by Crippen LogP contribution is 2.39. The highest BCUT2D eigenvalue weighted by atomic mass is 35.5. The van der Waals surface area contributed by atoms with Crippen molar-refractivity contribution in [2.75, 3.05) is 7.11 Å². The Hall–Kier alpha value is -3.23. The molecule has 0 saturated heterocycles. The summed E-state index contributed by atoms with van der Waals surface area (Å²) in [6.07, 6.45) is 5.37. The van der Waals surface area contributed by atoms with Crippen molar-refractivity contribution in [3.8, 4) is 28.8 Å². The second-order valence-corrected chi connectivity index (χ2v) is 8.14. The maximum Gasteiger partial charge on any atom is 0.269 e. The zero-order valence-electron chi connectivity index (χ0n) is 17.4. The molecule has 1 amide bonds. The molecule has 0 atom stereocenters. The van der Waals surface area contributed by atoms with Crippen LogP contribution in [0.25, 0.3) is 16.8 Å². The summed E-state index contributed by atoms with van der Waals surface area (Å²) in [7, 11) is 1.51. The number of hydrogen-bond donors (Lipinski definition) is 1. The lowest BCUT2D eigenvalue weighted by Gasteiger charge is -2.23. The normalized spacial score (nSPS) is 14.1. The molecule has 1 aliphatic rings. The zero-order valence-corrected chi connectivity index (χ0v) is 18.2. The average Bonchev–Trinajstić information content (AvgIpc) is 3.15. The van der Waals surface area contributed by atoms with Gasteiger partial charge in [-0.15, -0.1) is 0 Å². The van der Waals surface area contributed by atoms with Crippen molar-refractivity contribution in [3.05, 3.63) is 70.9 Å². The molecule has 0 aliphatic heterocycles. The molecule has 1 saturated carbocycles. The Bertz CT molecular complexity index is 1110. The largest absolute Gasteiger partial charge is 0.481 e. The molecule has 5 nitrogen and oxygen atoms in total. The molecule has 1 aromatic heterocycles. The second-order valence-electron chi connectivity index (χ2n) is 7.71. The van der Waals surface area contributed by atoms with Gasteiger partial charge in [0.1, 0.15) is 17.3 Å². The zero-order chi connectivity index (χ0) is 21.8. The molecule has 0 unspecified atom stereocenters. The number of carbonyl (C=O) groups excluding carboxylic acids is 1. The molecule has 2 aromatic carbocycles. The molecule has 1 aliphatic carbocycles. The van der Waals surface area contributed by atoms with Gasteiger partial charge in [0, 0.05) is 22.3 Å². The van der Waals surface area contributed by atoms with E-state index in [1.165, 1.54) is 13.5 Å². The summed E-state index contributed by atoms with van der Waals surface area (Å²) in [5.74, 6) is 0.123. The number of nitrogens with one attached hydrogen (secondary N) is 1. The van der Waals surface area contributed by atoms with Crippen LogP contribution in [-0.2, 0) is 0 Å². The van der Waals surface area contributed by atoms with Gasteiger partial charge < -0.3 is 10.1 Å². The first-order valence-corrected chi connectivity index (χ1v) is 10.9. The summed E-state index contributed by atoms with van der Waals surface area (Å²) in [4.78, 5) is 13.6. The van der Waals surface area contributed by atoms with E-state index in [9.17, 15) is 10.1 Å². The van der Waals surface area contributed by atoms with Crippen molar-refractivity contribution in [3.63, 3.8) is 0 Å². The third-order valence-electron chi connectivity index (χ3n) is 5.74. The lowest BCUT2D eigenvalue weighted by Crippen LogP contribution is -2.37. The van der Waals surface area contributed by atoms with Gasteiger partial charge in [-0.25, -0.2) is 0 Å². The number of nitriles is 1. The van der Waals surface area contributed by atoms with E-state index in [0.29, 0.717) is 33.4 Å². The predicted molar refractivity (Wildman–Crippen MR) is 122 cm³/mol. The number of aromatic nitrogens is 1. The van der Waals surface area contributed by atoms with E-state index in [0.717, 1.165) is 31.2 Å². The van der Waals surface area contributed by atoms with Crippen LogP contribution >= 0.6 is 11.6 Å². The van der Waals surface area contributed by atoms with E-state index in [-0.39, 0.29) is 11.9 Å². The van der Waals surface area contributed by atoms with Gasteiger partial charge in [0.25, 0.3) is 5.91 Å². The molecular weight excluding hydrogens is 410 g/mol. The van der Waals surface area contributed by atoms with Gasteiger partial charge >= 0.3 is 0 Å². The number of hydrogen-bond acceptors (Lipinski definition) is 3. The van der Waals surface area contributed by atoms with Crippen molar-refractivity contribution in [1.29, 1.82) is 5.26 Å². The lowest BCUT2D eigenvalue weighted by atomic mass is 9.95. The minimum atomic E-state index is -0.208. The van der Waals surface area contributed by atoms with E-state index in [2.05, 4.69) is 11.4 Å². The van der Waals surface area contributed by atoms with Crippen molar-refractivity contribution < 1.29 is 9.53 Å². The molecule has 3 aromatic rings. The summed E-state index contributed by atoms with van der Waals surface area (Å²) in [5.41, 5.74) is 2.79. The van der Waals surface area contributed by atoms with Gasteiger partial charge in [0.05, 0.1) is 7.11 Å². The van der Waals surface area contributed by atoms with Crippen LogP contribution in [0.2, 0.25) is 5.02 Å². The van der Waals surface area contributed by atoms with Crippen molar-refractivity contribution in [2.45, 2.75) is 38.1 Å². The van der Waals surface area contributed by atoms with Crippen molar-refractivity contribution in [2.24, 2.45) is 0 Å². The smallest absolute Gasteiger partial charge is 0.269 e. The summed E-state index contributed by atoms with van der Waals surface area (Å²) >= 11 is 6.09. The highest BCUT2D eigenvalue weighted by molar-refractivity contribution is 6.30. The molecule has 31 heavy (non-hydrogen) atoms. The van der Waals surface area contributed by atoms with Crippen LogP contribution in [0.3, 0.4) is 0 Å². The van der Waals surface area contributed by atoms with Crippen LogP contribution < -0.4 is 10.1 Å². The van der Waals surface area contributed by atoms with Gasteiger partial charge in [0.2, 0.25) is 5.88 Å².